The van der Waals surface area contributed by atoms with Crippen molar-refractivity contribution in [1.82, 2.24) is 24.3 Å². The van der Waals surface area contributed by atoms with Crippen LogP contribution in [-0.4, -0.2) is 43.2 Å². The Morgan fingerprint density at radius 1 is 1.19 bits per heavy atom. The first kappa shape index (κ1) is 19.6. The average Bonchev–Trinajstić information content (AvgIpc) is 3.39. The van der Waals surface area contributed by atoms with E-state index in [-0.39, 0.29) is 17.4 Å². The molecule has 0 aliphatic carbocycles. The first-order valence-corrected chi connectivity index (χ1v) is 10.1. The maximum Gasteiger partial charge on any atom is 0.416 e. The molecule has 0 spiro atoms. The van der Waals surface area contributed by atoms with E-state index < -0.39 is 17.6 Å². The second kappa shape index (κ2) is 7.11. The summed E-state index contributed by atoms with van der Waals surface area (Å²) in [5, 5.41) is 0. The molecule has 1 aromatic carbocycles. The number of aromatic nitrogens is 4. The van der Waals surface area contributed by atoms with Crippen LogP contribution in [0.3, 0.4) is 0 Å². The molecule has 0 unspecified atom stereocenters. The van der Waals surface area contributed by atoms with Crippen molar-refractivity contribution < 1.29 is 18.0 Å². The van der Waals surface area contributed by atoms with Crippen LogP contribution in [0.2, 0.25) is 0 Å². The number of carbonyl (C=O) groups is 1. The molecule has 1 aliphatic rings. The highest BCUT2D eigenvalue weighted by Gasteiger charge is 2.35. The summed E-state index contributed by atoms with van der Waals surface area (Å²) in [6.45, 7) is 3.01. The molecule has 0 saturated carbocycles. The summed E-state index contributed by atoms with van der Waals surface area (Å²) in [5.41, 5.74) is 1.73. The monoisotopic (exact) mass is 427 g/mol. The van der Waals surface area contributed by atoms with E-state index in [2.05, 4.69) is 21.9 Å². The van der Waals surface area contributed by atoms with E-state index in [1.807, 2.05) is 16.7 Å². The van der Waals surface area contributed by atoms with Gasteiger partial charge in [-0.1, -0.05) is 13.0 Å². The largest absolute Gasteiger partial charge is 0.416 e. The van der Waals surface area contributed by atoms with E-state index >= 15 is 0 Å². The van der Waals surface area contributed by atoms with Gasteiger partial charge in [-0.2, -0.15) is 13.2 Å². The molecule has 5 rings (SSSR count). The molecule has 3 aromatic heterocycles. The molecule has 6 nitrogen and oxygen atoms in total. The molecule has 0 radical (unpaired) electrons. The minimum atomic E-state index is -4.49. The second-order valence-electron chi connectivity index (χ2n) is 8.05. The molecule has 1 aliphatic heterocycles. The van der Waals surface area contributed by atoms with Gasteiger partial charge in [-0.3, -0.25) is 9.20 Å². The Bertz CT molecular complexity index is 1280. The standard InChI is InChI=1S/C22H20F3N5O/c1-13-6-8-29(21(31)14-3-2-4-15(9-14)22(23,24)25)12-17(13)20-28-11-16-10-27-19-18(30(16)20)5-7-26-19/h2-5,7,9-11,13,17,26H,6,8,12H2,1H3/t13-,17+/m0/s1. The molecule has 160 valence electrons. The van der Waals surface area contributed by atoms with E-state index in [0.717, 1.165) is 41.1 Å². The lowest BCUT2D eigenvalue weighted by atomic mass is 9.86. The molecule has 1 N–H and O–H groups in total. The number of H-pyrrole nitrogens is 1. The first-order valence-electron chi connectivity index (χ1n) is 10.1. The van der Waals surface area contributed by atoms with Crippen LogP contribution in [0.5, 0.6) is 0 Å². The number of piperidine rings is 1. The number of hydrogen-bond donors (Lipinski definition) is 1. The number of alkyl halides is 3. The molecule has 1 saturated heterocycles. The number of halogens is 3. The molecule has 4 aromatic rings. The fourth-order valence-electron chi connectivity index (χ4n) is 4.36. The number of imidazole rings is 1. The van der Waals surface area contributed by atoms with E-state index in [0.29, 0.717) is 13.1 Å². The van der Waals surface area contributed by atoms with Crippen molar-refractivity contribution in [3.05, 3.63) is 65.9 Å². The molecule has 4 heterocycles. The number of nitrogens with one attached hydrogen (secondary N) is 1. The van der Waals surface area contributed by atoms with Crippen molar-refractivity contribution in [2.75, 3.05) is 13.1 Å². The summed E-state index contributed by atoms with van der Waals surface area (Å²) in [6.07, 6.45) is 1.57. The highest BCUT2D eigenvalue weighted by Crippen LogP contribution is 2.34. The van der Waals surface area contributed by atoms with Gasteiger partial charge in [-0.15, -0.1) is 0 Å². The van der Waals surface area contributed by atoms with Gasteiger partial charge in [-0.05, 0) is 36.6 Å². The number of nitrogens with zero attached hydrogens (tertiary/aromatic N) is 4. The summed E-state index contributed by atoms with van der Waals surface area (Å²) >= 11 is 0. The van der Waals surface area contributed by atoms with Crippen LogP contribution < -0.4 is 0 Å². The van der Waals surface area contributed by atoms with Gasteiger partial charge in [0.2, 0.25) is 0 Å². The van der Waals surface area contributed by atoms with Crippen LogP contribution in [0.4, 0.5) is 13.2 Å². The van der Waals surface area contributed by atoms with Crippen LogP contribution >= 0.6 is 0 Å². The molecular weight excluding hydrogens is 407 g/mol. The molecule has 0 bridgehead atoms. The number of rotatable bonds is 2. The van der Waals surface area contributed by atoms with Crippen LogP contribution in [0, 0.1) is 5.92 Å². The number of fused-ring (bicyclic) bond motifs is 3. The summed E-state index contributed by atoms with van der Waals surface area (Å²) in [5.74, 6) is 0.651. The predicted molar refractivity (Wildman–Crippen MR) is 109 cm³/mol. The number of carbonyl (C=O) groups excluding carboxylic acids is 1. The number of likely N-dealkylation sites (tertiary alicyclic amines) is 1. The molecule has 9 heteroatoms. The van der Waals surface area contributed by atoms with Gasteiger partial charge in [0.1, 0.15) is 5.82 Å². The molecule has 1 fully saturated rings. The molecule has 1 amide bonds. The minimum absolute atomic E-state index is 0.0494. The van der Waals surface area contributed by atoms with E-state index in [1.54, 1.807) is 17.3 Å². The third kappa shape index (κ3) is 3.34. The van der Waals surface area contributed by atoms with Crippen molar-refractivity contribution >= 4 is 22.6 Å². The van der Waals surface area contributed by atoms with Crippen LogP contribution in [0.1, 0.15) is 41.0 Å². The topological polar surface area (TPSA) is 66.3 Å². The number of aromatic amines is 1. The Labute approximate surface area is 175 Å². The van der Waals surface area contributed by atoms with Gasteiger partial charge >= 0.3 is 6.18 Å². The summed E-state index contributed by atoms with van der Waals surface area (Å²) in [7, 11) is 0. The SMILES string of the molecule is C[C@H]1CCN(C(=O)c2cccc(C(F)(F)F)c2)C[C@H]1c1ncc2cnc3[nH]ccc3n12. The number of amides is 1. The molecule has 2 atom stereocenters. The first-order chi connectivity index (χ1) is 14.8. The summed E-state index contributed by atoms with van der Waals surface area (Å²) in [4.78, 5) is 26.8. The Kier molecular flexibility index (Phi) is 4.49. The maximum absolute atomic E-state index is 13.1. The van der Waals surface area contributed by atoms with Crippen molar-refractivity contribution in [3.63, 3.8) is 0 Å². The van der Waals surface area contributed by atoms with Crippen molar-refractivity contribution in [2.24, 2.45) is 5.92 Å². The Morgan fingerprint density at radius 3 is 2.81 bits per heavy atom. The summed E-state index contributed by atoms with van der Waals surface area (Å²) < 4.78 is 41.3. The number of hydrogen-bond acceptors (Lipinski definition) is 3. The Hall–Kier alpha value is -3.36. The normalized spacial score (nSPS) is 19.9. The lowest BCUT2D eigenvalue weighted by Gasteiger charge is -2.36. The average molecular weight is 427 g/mol. The zero-order chi connectivity index (χ0) is 21.8. The molecule has 31 heavy (non-hydrogen) atoms. The van der Waals surface area contributed by atoms with Gasteiger partial charge in [0, 0.05) is 30.8 Å². The van der Waals surface area contributed by atoms with Gasteiger partial charge in [0.15, 0.2) is 5.65 Å². The number of benzene rings is 1. The third-order valence-electron chi connectivity index (χ3n) is 6.10. The van der Waals surface area contributed by atoms with Crippen molar-refractivity contribution in [2.45, 2.75) is 25.4 Å². The quantitative estimate of drug-likeness (QED) is 0.512. The third-order valence-corrected chi connectivity index (χ3v) is 6.10. The van der Waals surface area contributed by atoms with E-state index in [1.165, 1.54) is 12.1 Å². The smallest absolute Gasteiger partial charge is 0.345 e. The summed E-state index contributed by atoms with van der Waals surface area (Å²) in [6, 6.07) is 6.54. The lowest BCUT2D eigenvalue weighted by molar-refractivity contribution is -0.137. The Morgan fingerprint density at radius 2 is 2.00 bits per heavy atom. The maximum atomic E-state index is 13.1. The van der Waals surface area contributed by atoms with Crippen LogP contribution in [-0.2, 0) is 6.18 Å². The Balaban J connectivity index is 1.48. The van der Waals surface area contributed by atoms with E-state index in [9.17, 15) is 18.0 Å². The fraction of sp³-hybridized carbons (Fsp3) is 0.318. The van der Waals surface area contributed by atoms with Gasteiger partial charge < -0.3 is 9.88 Å². The van der Waals surface area contributed by atoms with Gasteiger partial charge in [-0.25, -0.2) is 9.97 Å². The van der Waals surface area contributed by atoms with Gasteiger partial charge in [0.25, 0.3) is 5.91 Å². The zero-order valence-electron chi connectivity index (χ0n) is 16.7. The fourth-order valence-corrected chi connectivity index (χ4v) is 4.36. The minimum Gasteiger partial charge on any atom is -0.345 e. The van der Waals surface area contributed by atoms with Crippen molar-refractivity contribution in [1.29, 1.82) is 0 Å². The van der Waals surface area contributed by atoms with Crippen molar-refractivity contribution in [3.8, 4) is 0 Å². The second-order valence-corrected chi connectivity index (χ2v) is 8.05. The van der Waals surface area contributed by atoms with Crippen LogP contribution in [0.25, 0.3) is 16.7 Å². The zero-order valence-corrected chi connectivity index (χ0v) is 16.7. The highest BCUT2D eigenvalue weighted by molar-refractivity contribution is 5.94. The van der Waals surface area contributed by atoms with Crippen LogP contribution in [0.15, 0.2) is 48.9 Å². The lowest BCUT2D eigenvalue weighted by Crippen LogP contribution is -2.42. The predicted octanol–water partition coefficient (Wildman–Crippen LogP) is 4.50. The van der Waals surface area contributed by atoms with Gasteiger partial charge in [0.05, 0.1) is 29.0 Å². The molecular formula is C22H20F3N5O. The van der Waals surface area contributed by atoms with E-state index in [4.69, 9.17) is 0 Å². The highest BCUT2D eigenvalue weighted by atomic mass is 19.4.